The van der Waals surface area contributed by atoms with E-state index in [1.807, 2.05) is 0 Å². The van der Waals surface area contributed by atoms with Crippen molar-refractivity contribution < 1.29 is 46.7 Å². The van der Waals surface area contributed by atoms with Gasteiger partial charge in [0, 0.05) is 32.6 Å². The fraction of sp³-hybridized carbons (Fsp3) is 0.880. The number of unbranched alkanes of at least 4 members (excludes halogenated alkanes) is 17. The first-order valence-corrected chi connectivity index (χ1v) is 26.9. The van der Waals surface area contributed by atoms with E-state index < -0.39 is 7.82 Å². The van der Waals surface area contributed by atoms with Crippen molar-refractivity contribution in [2.24, 2.45) is 0 Å². The average molecular weight is 902 g/mol. The Morgan fingerprint density at radius 1 is 0.468 bits per heavy atom. The van der Waals surface area contributed by atoms with Crippen LogP contribution in [0.3, 0.4) is 0 Å². The van der Waals surface area contributed by atoms with Crippen molar-refractivity contribution in [1.82, 2.24) is 4.90 Å². The van der Waals surface area contributed by atoms with Gasteiger partial charge in [0.1, 0.15) is 0 Å². The smallest absolute Gasteiger partial charge is 0.466 e. The molecule has 0 aromatic carbocycles. The van der Waals surface area contributed by atoms with Crippen LogP contribution in [0, 0.1) is 0 Å². The standard InChI is InChI=1S/C50H96NO10P/c1-6-11-14-17-20-27-32-43-55-48(52)37-29-22-21-23-30-40-51(42-36-47-61-62(54,59-9-4)60-10-5)41-31-24-28-33-44-56-49(53)38-39-50(57-45-34-25-18-15-12-7-2)58-46-35-26-19-16-13-8-3/h12-13,15-16,50H,6-11,14,17-47H2,1-5H3/b15-12-,16-13-. The molecule has 0 fully saturated rings. The SMILES string of the molecule is CC/C=C\CCCCOC(CCC(=O)OCCCCCCN(CCCCCCCC(=O)OCCCCCCCCC)CCCOP(=O)(OCC)OCC)OCCCC/C=C\CC. The number of hydrogen-bond acceptors (Lipinski definition) is 11. The highest BCUT2D eigenvalue weighted by atomic mass is 31.2. The lowest BCUT2D eigenvalue weighted by atomic mass is 10.1. The lowest BCUT2D eigenvalue weighted by molar-refractivity contribution is -0.159. The Kier molecular flexibility index (Phi) is 46.2. The van der Waals surface area contributed by atoms with Crippen LogP contribution in [0.15, 0.2) is 24.3 Å². The molecule has 62 heavy (non-hydrogen) atoms. The van der Waals surface area contributed by atoms with Crippen molar-refractivity contribution in [1.29, 1.82) is 0 Å². The second kappa shape index (κ2) is 47.4. The highest BCUT2D eigenvalue weighted by Gasteiger charge is 2.25. The van der Waals surface area contributed by atoms with Crippen molar-refractivity contribution in [3.05, 3.63) is 24.3 Å². The molecule has 0 amide bonds. The second-order valence-electron chi connectivity index (χ2n) is 16.3. The van der Waals surface area contributed by atoms with E-state index >= 15 is 0 Å². The van der Waals surface area contributed by atoms with Crippen LogP contribution < -0.4 is 0 Å². The van der Waals surface area contributed by atoms with Gasteiger partial charge in [-0.05, 0) is 117 Å². The quantitative estimate of drug-likeness (QED) is 0.0191. The molecule has 0 saturated heterocycles. The molecule has 0 aromatic rings. The van der Waals surface area contributed by atoms with Crippen LogP contribution in [0.25, 0.3) is 0 Å². The predicted octanol–water partition coefficient (Wildman–Crippen LogP) is 14.0. The minimum absolute atomic E-state index is 0.0604. The van der Waals surface area contributed by atoms with Crippen LogP contribution >= 0.6 is 7.82 Å². The third-order valence-electron chi connectivity index (χ3n) is 10.5. The molecule has 0 aliphatic carbocycles. The number of ether oxygens (including phenoxy) is 4. The molecular weight excluding hydrogens is 806 g/mol. The number of phosphoric ester groups is 1. The monoisotopic (exact) mass is 902 g/mol. The highest BCUT2D eigenvalue weighted by Crippen LogP contribution is 2.49. The first-order chi connectivity index (χ1) is 30.3. The highest BCUT2D eigenvalue weighted by molar-refractivity contribution is 7.48. The first kappa shape index (κ1) is 60.4. The zero-order valence-corrected chi connectivity index (χ0v) is 41.6. The molecule has 0 heterocycles. The summed E-state index contributed by atoms with van der Waals surface area (Å²) in [5.41, 5.74) is 0. The summed E-state index contributed by atoms with van der Waals surface area (Å²) in [6.07, 6.45) is 36.5. The Bertz CT molecular complexity index is 1060. The van der Waals surface area contributed by atoms with Gasteiger partial charge in [0.25, 0.3) is 0 Å². The van der Waals surface area contributed by atoms with Crippen LogP contribution in [0.1, 0.15) is 214 Å². The number of esters is 2. The van der Waals surface area contributed by atoms with E-state index in [2.05, 4.69) is 50.0 Å². The Balaban J connectivity index is 4.55. The number of nitrogens with zero attached hydrogens (tertiary/aromatic N) is 1. The molecule has 366 valence electrons. The Hall–Kier alpha value is -1.59. The van der Waals surface area contributed by atoms with Gasteiger partial charge >= 0.3 is 19.8 Å². The maximum atomic E-state index is 12.7. The molecule has 0 aliphatic heterocycles. The molecule has 0 rings (SSSR count). The van der Waals surface area contributed by atoms with E-state index in [9.17, 15) is 14.2 Å². The van der Waals surface area contributed by atoms with E-state index in [1.54, 1.807) is 13.8 Å². The average Bonchev–Trinajstić information content (AvgIpc) is 3.26. The molecule has 0 N–H and O–H groups in total. The van der Waals surface area contributed by atoms with Crippen molar-refractivity contribution in [3.63, 3.8) is 0 Å². The summed E-state index contributed by atoms with van der Waals surface area (Å²) in [7, 11) is -3.52. The Morgan fingerprint density at radius 3 is 1.44 bits per heavy atom. The minimum atomic E-state index is -3.52. The molecule has 0 aromatic heterocycles. The van der Waals surface area contributed by atoms with Gasteiger partial charge in [-0.15, -0.1) is 0 Å². The van der Waals surface area contributed by atoms with Crippen LogP contribution in [0.4, 0.5) is 0 Å². The fourth-order valence-corrected chi connectivity index (χ4v) is 8.12. The molecule has 0 radical (unpaired) electrons. The first-order valence-electron chi connectivity index (χ1n) is 25.4. The maximum absolute atomic E-state index is 12.7. The van der Waals surface area contributed by atoms with Gasteiger partial charge in [0.15, 0.2) is 6.29 Å². The predicted molar refractivity (Wildman–Crippen MR) is 255 cm³/mol. The van der Waals surface area contributed by atoms with Gasteiger partial charge in [-0.2, -0.15) is 0 Å². The third-order valence-corrected chi connectivity index (χ3v) is 12.1. The van der Waals surface area contributed by atoms with Gasteiger partial charge in [-0.3, -0.25) is 23.2 Å². The zero-order chi connectivity index (χ0) is 45.5. The number of carbonyl (C=O) groups is 2. The van der Waals surface area contributed by atoms with E-state index in [0.29, 0.717) is 45.9 Å². The largest absolute Gasteiger partial charge is 0.474 e. The number of phosphoric acid groups is 1. The number of allylic oxidation sites excluding steroid dienone is 4. The molecule has 11 nitrogen and oxygen atoms in total. The van der Waals surface area contributed by atoms with Gasteiger partial charge < -0.3 is 23.8 Å². The third kappa shape index (κ3) is 42.4. The Labute approximate surface area is 381 Å². The van der Waals surface area contributed by atoms with Crippen molar-refractivity contribution in [2.45, 2.75) is 221 Å². The van der Waals surface area contributed by atoms with Crippen LogP contribution in [-0.4, -0.2) is 89.0 Å². The summed E-state index contributed by atoms with van der Waals surface area (Å²) in [5.74, 6) is -0.253. The summed E-state index contributed by atoms with van der Waals surface area (Å²) in [4.78, 5) is 27.2. The van der Waals surface area contributed by atoms with Crippen molar-refractivity contribution >= 4 is 19.8 Å². The summed E-state index contributed by atoms with van der Waals surface area (Å²) in [5, 5.41) is 0. The van der Waals surface area contributed by atoms with E-state index in [4.69, 9.17) is 32.5 Å². The van der Waals surface area contributed by atoms with Crippen LogP contribution in [0.2, 0.25) is 0 Å². The van der Waals surface area contributed by atoms with Crippen LogP contribution in [-0.2, 0) is 46.7 Å². The molecule has 12 heteroatoms. The fourth-order valence-electron chi connectivity index (χ4n) is 6.91. The number of carbonyl (C=O) groups excluding carboxylic acids is 2. The summed E-state index contributed by atoms with van der Waals surface area (Å²) >= 11 is 0. The number of rotatable bonds is 49. The van der Waals surface area contributed by atoms with E-state index in [0.717, 1.165) is 148 Å². The molecule has 0 saturated carbocycles. The molecule has 0 spiro atoms. The summed E-state index contributed by atoms with van der Waals surface area (Å²) in [6.45, 7) is 15.9. The lowest BCUT2D eigenvalue weighted by Crippen LogP contribution is -2.28. The molecule has 0 aliphatic rings. The summed E-state index contributed by atoms with van der Waals surface area (Å²) < 4.78 is 52.0. The van der Waals surface area contributed by atoms with Crippen LogP contribution in [0.5, 0.6) is 0 Å². The zero-order valence-electron chi connectivity index (χ0n) is 40.7. The lowest BCUT2D eigenvalue weighted by Gasteiger charge is -2.23. The van der Waals surface area contributed by atoms with Gasteiger partial charge in [0.2, 0.25) is 0 Å². The van der Waals surface area contributed by atoms with Crippen molar-refractivity contribution in [3.8, 4) is 0 Å². The molecule has 0 unspecified atom stereocenters. The summed E-state index contributed by atoms with van der Waals surface area (Å²) in [6, 6.07) is 0. The maximum Gasteiger partial charge on any atom is 0.474 e. The van der Waals surface area contributed by atoms with Gasteiger partial charge in [0.05, 0.1) is 39.5 Å². The topological polar surface area (TPSA) is 119 Å². The van der Waals surface area contributed by atoms with Gasteiger partial charge in [-0.1, -0.05) is 116 Å². The molecule has 0 bridgehead atoms. The van der Waals surface area contributed by atoms with Gasteiger partial charge in [-0.25, -0.2) is 4.57 Å². The Morgan fingerprint density at radius 2 is 0.919 bits per heavy atom. The normalized spacial score (nSPS) is 12.2. The van der Waals surface area contributed by atoms with E-state index in [1.165, 1.54) is 32.1 Å². The molecule has 0 atom stereocenters. The number of hydrogen-bond donors (Lipinski definition) is 0. The van der Waals surface area contributed by atoms with Crippen molar-refractivity contribution in [2.75, 3.05) is 65.9 Å². The van der Waals surface area contributed by atoms with E-state index in [-0.39, 0.29) is 37.9 Å². The minimum Gasteiger partial charge on any atom is -0.466 e. The molecular formula is C50H96NO10P. The second-order valence-corrected chi connectivity index (χ2v) is 17.9.